The summed E-state index contributed by atoms with van der Waals surface area (Å²) >= 11 is 1.90. The number of aromatic nitrogens is 1. The van der Waals surface area contributed by atoms with Gasteiger partial charge in [0.1, 0.15) is 0 Å². The number of carbonyl (C=O) groups excluding carboxylic acids is 2. The highest BCUT2D eigenvalue weighted by Crippen LogP contribution is 2.40. The van der Waals surface area contributed by atoms with Gasteiger partial charge in [0, 0.05) is 24.7 Å². The third kappa shape index (κ3) is 3.72. The lowest BCUT2D eigenvalue weighted by molar-refractivity contribution is -0.124. The van der Waals surface area contributed by atoms with Crippen LogP contribution in [0.4, 0.5) is 0 Å². The first-order valence-electron chi connectivity index (χ1n) is 9.32. The molecule has 1 fully saturated rings. The Morgan fingerprint density at radius 3 is 2.67 bits per heavy atom. The third-order valence-corrected chi connectivity index (χ3v) is 6.49. The van der Waals surface area contributed by atoms with Gasteiger partial charge < -0.3 is 10.2 Å². The van der Waals surface area contributed by atoms with Crippen LogP contribution in [0.25, 0.3) is 0 Å². The predicted octanol–water partition coefficient (Wildman–Crippen LogP) is 3.01. The van der Waals surface area contributed by atoms with E-state index in [-0.39, 0.29) is 11.8 Å². The van der Waals surface area contributed by atoms with E-state index in [4.69, 9.17) is 0 Å². The largest absolute Gasteiger partial charge is 0.350 e. The van der Waals surface area contributed by atoms with Crippen LogP contribution >= 0.6 is 11.8 Å². The van der Waals surface area contributed by atoms with E-state index in [1.165, 1.54) is 0 Å². The average molecular weight is 382 g/mol. The van der Waals surface area contributed by atoms with E-state index in [1.54, 1.807) is 6.20 Å². The summed E-state index contributed by atoms with van der Waals surface area (Å²) in [6, 6.07) is 13.4. The van der Waals surface area contributed by atoms with E-state index in [0.29, 0.717) is 19.5 Å². The van der Waals surface area contributed by atoms with E-state index in [2.05, 4.69) is 10.3 Å². The molecule has 0 bridgehead atoms. The van der Waals surface area contributed by atoms with Crippen LogP contribution in [0.1, 0.15) is 40.9 Å². The SMILES string of the molecule is O=C(CC1(N2Cc3ccccc3C2=O)CCSCC1)NCc1ccccn1. The van der Waals surface area contributed by atoms with Gasteiger partial charge in [0.25, 0.3) is 5.91 Å². The van der Waals surface area contributed by atoms with Crippen LogP contribution in [0.2, 0.25) is 0 Å². The predicted molar refractivity (Wildman–Crippen MR) is 106 cm³/mol. The number of fused-ring (bicyclic) bond motifs is 1. The summed E-state index contributed by atoms with van der Waals surface area (Å²) in [6.45, 7) is 1.02. The van der Waals surface area contributed by atoms with E-state index in [1.807, 2.05) is 59.1 Å². The molecule has 1 aromatic heterocycles. The monoisotopic (exact) mass is 381 g/mol. The van der Waals surface area contributed by atoms with Crippen molar-refractivity contribution in [1.82, 2.24) is 15.2 Å². The van der Waals surface area contributed by atoms with Crippen LogP contribution in [0, 0.1) is 0 Å². The molecule has 0 aliphatic carbocycles. The van der Waals surface area contributed by atoms with Gasteiger partial charge in [-0.05, 0) is 48.1 Å². The average Bonchev–Trinajstić information content (AvgIpc) is 3.06. The van der Waals surface area contributed by atoms with Crippen molar-refractivity contribution in [2.45, 2.75) is 37.9 Å². The maximum Gasteiger partial charge on any atom is 0.254 e. The first-order chi connectivity index (χ1) is 13.2. The van der Waals surface area contributed by atoms with E-state index >= 15 is 0 Å². The summed E-state index contributed by atoms with van der Waals surface area (Å²) in [5, 5.41) is 2.98. The molecule has 1 N–H and O–H groups in total. The first kappa shape index (κ1) is 18.0. The molecule has 2 amide bonds. The summed E-state index contributed by atoms with van der Waals surface area (Å²) in [5.74, 6) is 2.01. The van der Waals surface area contributed by atoms with Gasteiger partial charge in [-0.3, -0.25) is 14.6 Å². The van der Waals surface area contributed by atoms with Gasteiger partial charge in [0.05, 0.1) is 17.8 Å². The van der Waals surface area contributed by atoms with E-state index in [9.17, 15) is 9.59 Å². The maximum absolute atomic E-state index is 13.0. The Morgan fingerprint density at radius 2 is 1.93 bits per heavy atom. The molecule has 0 unspecified atom stereocenters. The van der Waals surface area contributed by atoms with Crippen molar-refractivity contribution in [3.05, 3.63) is 65.5 Å². The Hall–Kier alpha value is -2.34. The second-order valence-electron chi connectivity index (χ2n) is 7.16. The standard InChI is InChI=1S/C21H23N3O2S/c25-19(23-14-17-6-3-4-10-22-17)13-21(8-11-27-12-9-21)24-15-16-5-1-2-7-18(16)20(24)26/h1-7,10H,8-9,11-15H2,(H,23,25). The van der Waals surface area contributed by atoms with Crippen molar-refractivity contribution < 1.29 is 9.59 Å². The molecule has 6 heteroatoms. The molecule has 27 heavy (non-hydrogen) atoms. The molecule has 4 rings (SSSR count). The highest BCUT2D eigenvalue weighted by molar-refractivity contribution is 7.99. The minimum atomic E-state index is -0.393. The molecule has 5 nitrogen and oxygen atoms in total. The highest BCUT2D eigenvalue weighted by Gasteiger charge is 2.45. The second kappa shape index (κ2) is 7.72. The lowest BCUT2D eigenvalue weighted by Crippen LogP contribution is -2.53. The van der Waals surface area contributed by atoms with Crippen molar-refractivity contribution in [3.8, 4) is 0 Å². The molecule has 1 saturated heterocycles. The molecule has 2 aliphatic heterocycles. The molecule has 0 radical (unpaired) electrons. The zero-order chi connectivity index (χ0) is 18.7. The summed E-state index contributed by atoms with van der Waals surface area (Å²) in [4.78, 5) is 32.0. The molecule has 140 valence electrons. The lowest BCUT2D eigenvalue weighted by atomic mass is 9.86. The quantitative estimate of drug-likeness (QED) is 0.865. The molecule has 0 saturated carbocycles. The van der Waals surface area contributed by atoms with Gasteiger partial charge in [-0.15, -0.1) is 0 Å². The number of hydrogen-bond acceptors (Lipinski definition) is 4. The summed E-state index contributed by atoms with van der Waals surface area (Å²) in [6.07, 6.45) is 3.78. The smallest absolute Gasteiger partial charge is 0.254 e. The van der Waals surface area contributed by atoms with E-state index in [0.717, 1.165) is 41.2 Å². The summed E-state index contributed by atoms with van der Waals surface area (Å²) in [7, 11) is 0. The van der Waals surface area contributed by atoms with E-state index < -0.39 is 5.54 Å². The molecule has 2 aliphatic rings. The number of benzene rings is 1. The number of amides is 2. The summed E-state index contributed by atoms with van der Waals surface area (Å²) in [5.41, 5.74) is 2.29. The number of hydrogen-bond donors (Lipinski definition) is 1. The molecular weight excluding hydrogens is 358 g/mol. The zero-order valence-corrected chi connectivity index (χ0v) is 16.0. The van der Waals surface area contributed by atoms with Crippen molar-refractivity contribution in [1.29, 1.82) is 0 Å². The maximum atomic E-state index is 13.0. The Kier molecular flexibility index (Phi) is 5.16. The minimum Gasteiger partial charge on any atom is -0.350 e. The fraction of sp³-hybridized carbons (Fsp3) is 0.381. The third-order valence-electron chi connectivity index (χ3n) is 5.50. The molecule has 1 aromatic carbocycles. The number of rotatable bonds is 5. The van der Waals surface area contributed by atoms with Crippen LogP contribution in [0.5, 0.6) is 0 Å². The molecule has 0 atom stereocenters. The van der Waals surface area contributed by atoms with Crippen molar-refractivity contribution in [2.75, 3.05) is 11.5 Å². The second-order valence-corrected chi connectivity index (χ2v) is 8.38. The van der Waals surface area contributed by atoms with Crippen LogP contribution in [0.3, 0.4) is 0 Å². The Balaban J connectivity index is 1.49. The normalized spacial score (nSPS) is 18.2. The molecule has 3 heterocycles. The molecule has 0 spiro atoms. The number of thioether (sulfide) groups is 1. The van der Waals surface area contributed by atoms with Crippen LogP contribution in [-0.2, 0) is 17.9 Å². The Morgan fingerprint density at radius 1 is 1.15 bits per heavy atom. The van der Waals surface area contributed by atoms with Gasteiger partial charge >= 0.3 is 0 Å². The number of nitrogens with one attached hydrogen (secondary N) is 1. The van der Waals surface area contributed by atoms with Gasteiger partial charge in [-0.2, -0.15) is 11.8 Å². The van der Waals surface area contributed by atoms with Crippen molar-refractivity contribution in [3.63, 3.8) is 0 Å². The molecule has 2 aromatic rings. The first-order valence-corrected chi connectivity index (χ1v) is 10.5. The van der Waals surface area contributed by atoms with Crippen molar-refractivity contribution in [2.24, 2.45) is 0 Å². The summed E-state index contributed by atoms with van der Waals surface area (Å²) < 4.78 is 0. The van der Waals surface area contributed by atoms with Gasteiger partial charge in [0.2, 0.25) is 5.91 Å². The topological polar surface area (TPSA) is 62.3 Å². The zero-order valence-electron chi connectivity index (χ0n) is 15.2. The van der Waals surface area contributed by atoms with Crippen molar-refractivity contribution >= 4 is 23.6 Å². The van der Waals surface area contributed by atoms with Crippen LogP contribution in [0.15, 0.2) is 48.7 Å². The Bertz CT molecular complexity index is 834. The fourth-order valence-electron chi connectivity index (χ4n) is 3.98. The highest BCUT2D eigenvalue weighted by atomic mass is 32.2. The number of pyridine rings is 1. The van der Waals surface area contributed by atoms with Gasteiger partial charge in [-0.25, -0.2) is 0 Å². The van der Waals surface area contributed by atoms with Crippen LogP contribution in [-0.4, -0.2) is 38.7 Å². The van der Waals surface area contributed by atoms with Crippen LogP contribution < -0.4 is 5.32 Å². The number of carbonyl (C=O) groups is 2. The number of nitrogens with zero attached hydrogens (tertiary/aromatic N) is 2. The van der Waals surface area contributed by atoms with Gasteiger partial charge in [0.15, 0.2) is 0 Å². The minimum absolute atomic E-state index is 0.0173. The lowest BCUT2D eigenvalue weighted by Gasteiger charge is -2.44. The van der Waals surface area contributed by atoms with Gasteiger partial charge in [-0.1, -0.05) is 24.3 Å². The Labute approximate surface area is 163 Å². The molecular formula is C21H23N3O2S. The fourth-order valence-corrected chi connectivity index (χ4v) is 5.24.